The summed E-state index contributed by atoms with van der Waals surface area (Å²) in [7, 11) is 0. The fourth-order valence-electron chi connectivity index (χ4n) is 2.71. The van der Waals surface area contributed by atoms with Crippen molar-refractivity contribution < 1.29 is 33.1 Å². The average Bonchev–Trinajstić information content (AvgIpc) is 3.31. The van der Waals surface area contributed by atoms with E-state index in [9.17, 15) is 24.0 Å². The Hall–Kier alpha value is -3.95. The Kier molecular flexibility index (Phi) is 5.72. The molecule has 3 rings (SSSR count). The van der Waals surface area contributed by atoms with Gasteiger partial charge in [0.15, 0.2) is 6.61 Å². The molecule has 1 aliphatic rings. The van der Waals surface area contributed by atoms with Crippen molar-refractivity contribution >= 4 is 29.7 Å². The maximum Gasteiger partial charge on any atom is 0.329 e. The SMILES string of the molecule is CC(C(=O)OCC(=O)NC(=O)NCc1ccco1)N1C(=O)c2ccccc2C1=O. The third-order valence-electron chi connectivity index (χ3n) is 4.16. The van der Waals surface area contributed by atoms with E-state index in [-0.39, 0.29) is 17.7 Å². The Bertz CT molecular complexity index is 933. The van der Waals surface area contributed by atoms with E-state index >= 15 is 0 Å². The summed E-state index contributed by atoms with van der Waals surface area (Å²) in [4.78, 5) is 61.1. The molecule has 0 fully saturated rings. The van der Waals surface area contributed by atoms with Gasteiger partial charge in [0.25, 0.3) is 17.7 Å². The van der Waals surface area contributed by atoms with Gasteiger partial charge in [-0.05, 0) is 31.2 Å². The number of esters is 1. The Morgan fingerprint density at radius 3 is 2.31 bits per heavy atom. The smallest absolute Gasteiger partial charge is 0.329 e. The lowest BCUT2D eigenvalue weighted by atomic mass is 10.1. The number of furan rings is 1. The van der Waals surface area contributed by atoms with Gasteiger partial charge in [0.2, 0.25) is 0 Å². The lowest BCUT2D eigenvalue weighted by Gasteiger charge is -2.20. The number of nitrogens with one attached hydrogen (secondary N) is 2. The summed E-state index contributed by atoms with van der Waals surface area (Å²) in [5, 5.41) is 4.37. The number of benzene rings is 1. The van der Waals surface area contributed by atoms with Gasteiger partial charge >= 0.3 is 12.0 Å². The van der Waals surface area contributed by atoms with E-state index in [1.54, 1.807) is 24.3 Å². The molecule has 1 aliphatic heterocycles. The minimum Gasteiger partial charge on any atom is -0.467 e. The Morgan fingerprint density at radius 1 is 1.07 bits per heavy atom. The van der Waals surface area contributed by atoms with Crippen LogP contribution in [-0.4, -0.2) is 47.3 Å². The number of urea groups is 1. The van der Waals surface area contributed by atoms with Gasteiger partial charge in [-0.15, -0.1) is 0 Å². The molecule has 10 heteroatoms. The lowest BCUT2D eigenvalue weighted by molar-refractivity contribution is -0.151. The number of nitrogens with zero attached hydrogens (tertiary/aromatic N) is 1. The maximum absolute atomic E-state index is 12.4. The second kappa shape index (κ2) is 8.38. The molecule has 1 aromatic carbocycles. The van der Waals surface area contributed by atoms with Gasteiger partial charge in [0.05, 0.1) is 23.9 Å². The number of carbonyl (C=O) groups excluding carboxylic acids is 5. The first-order chi connectivity index (χ1) is 13.9. The van der Waals surface area contributed by atoms with Crippen LogP contribution in [-0.2, 0) is 20.9 Å². The van der Waals surface area contributed by atoms with E-state index in [2.05, 4.69) is 5.32 Å². The fourth-order valence-corrected chi connectivity index (χ4v) is 2.71. The van der Waals surface area contributed by atoms with Gasteiger partial charge in [-0.1, -0.05) is 12.1 Å². The monoisotopic (exact) mass is 399 g/mol. The van der Waals surface area contributed by atoms with Crippen LogP contribution in [0.25, 0.3) is 0 Å². The molecule has 2 aromatic rings. The fraction of sp³-hybridized carbons (Fsp3) is 0.211. The summed E-state index contributed by atoms with van der Waals surface area (Å²) < 4.78 is 9.86. The van der Waals surface area contributed by atoms with Crippen LogP contribution in [0.3, 0.4) is 0 Å². The molecular formula is C19H17N3O7. The molecule has 0 saturated heterocycles. The van der Waals surface area contributed by atoms with Crippen molar-refractivity contribution in [3.63, 3.8) is 0 Å². The van der Waals surface area contributed by atoms with Crippen molar-refractivity contribution in [2.75, 3.05) is 6.61 Å². The van der Waals surface area contributed by atoms with Gasteiger partial charge in [-0.2, -0.15) is 0 Å². The van der Waals surface area contributed by atoms with Crippen molar-refractivity contribution in [3.8, 4) is 0 Å². The molecule has 5 amide bonds. The molecular weight excluding hydrogens is 382 g/mol. The van der Waals surface area contributed by atoms with E-state index in [4.69, 9.17) is 9.15 Å². The summed E-state index contributed by atoms with van der Waals surface area (Å²) in [6, 6.07) is 7.46. The number of fused-ring (bicyclic) bond motifs is 1. The zero-order valence-electron chi connectivity index (χ0n) is 15.3. The minimum atomic E-state index is -1.23. The molecule has 2 N–H and O–H groups in total. The van der Waals surface area contributed by atoms with Crippen molar-refractivity contribution in [1.82, 2.24) is 15.5 Å². The third-order valence-corrected chi connectivity index (χ3v) is 4.16. The highest BCUT2D eigenvalue weighted by atomic mass is 16.5. The standard InChI is InChI=1S/C19H17N3O7/c1-11(22-16(24)13-6-2-3-7-14(13)17(22)25)18(26)29-10-15(23)21-19(27)20-9-12-5-4-8-28-12/h2-8,11H,9-10H2,1H3,(H2,20,21,23,27). The lowest BCUT2D eigenvalue weighted by Crippen LogP contribution is -2.45. The zero-order chi connectivity index (χ0) is 21.0. The second-order valence-electron chi connectivity index (χ2n) is 6.12. The molecule has 150 valence electrons. The molecule has 0 aliphatic carbocycles. The third kappa shape index (κ3) is 4.32. The quantitative estimate of drug-likeness (QED) is 0.543. The summed E-state index contributed by atoms with van der Waals surface area (Å²) in [6.45, 7) is 0.640. The molecule has 29 heavy (non-hydrogen) atoms. The first kappa shape index (κ1) is 19.8. The van der Waals surface area contributed by atoms with Gasteiger partial charge in [0, 0.05) is 0 Å². The number of rotatable bonds is 6. The van der Waals surface area contributed by atoms with E-state index in [1.807, 2.05) is 5.32 Å². The molecule has 0 spiro atoms. The van der Waals surface area contributed by atoms with Crippen LogP contribution in [0.5, 0.6) is 0 Å². The van der Waals surface area contributed by atoms with Crippen LogP contribution >= 0.6 is 0 Å². The van der Waals surface area contributed by atoms with Crippen molar-refractivity contribution in [2.45, 2.75) is 19.5 Å². The van der Waals surface area contributed by atoms with Crippen LogP contribution in [0.15, 0.2) is 47.1 Å². The van der Waals surface area contributed by atoms with Gasteiger partial charge < -0.3 is 14.5 Å². The van der Waals surface area contributed by atoms with Crippen LogP contribution in [0.4, 0.5) is 4.79 Å². The normalized spacial score (nSPS) is 13.6. The first-order valence-corrected chi connectivity index (χ1v) is 8.62. The van der Waals surface area contributed by atoms with E-state index in [0.717, 1.165) is 4.90 Å². The van der Waals surface area contributed by atoms with Crippen molar-refractivity contribution in [2.24, 2.45) is 0 Å². The Balaban J connectivity index is 1.47. The van der Waals surface area contributed by atoms with Crippen LogP contribution in [0.2, 0.25) is 0 Å². The highest BCUT2D eigenvalue weighted by Gasteiger charge is 2.41. The predicted molar refractivity (Wildman–Crippen MR) is 96.4 cm³/mol. The highest BCUT2D eigenvalue weighted by Crippen LogP contribution is 2.24. The van der Waals surface area contributed by atoms with Crippen molar-refractivity contribution in [3.05, 3.63) is 59.5 Å². The highest BCUT2D eigenvalue weighted by molar-refractivity contribution is 6.22. The molecule has 0 bridgehead atoms. The first-order valence-electron chi connectivity index (χ1n) is 8.62. The number of carbonyl (C=O) groups is 5. The molecule has 2 heterocycles. The van der Waals surface area contributed by atoms with Gasteiger partial charge in [-0.25, -0.2) is 9.59 Å². The number of hydrogen-bond donors (Lipinski definition) is 2. The molecule has 1 unspecified atom stereocenters. The van der Waals surface area contributed by atoms with Crippen LogP contribution < -0.4 is 10.6 Å². The number of amides is 5. The zero-order valence-corrected chi connectivity index (χ0v) is 15.3. The summed E-state index contributed by atoms with van der Waals surface area (Å²) in [5.74, 6) is -2.56. The largest absolute Gasteiger partial charge is 0.467 e. The summed E-state index contributed by atoms with van der Waals surface area (Å²) in [5.41, 5.74) is 0.395. The topological polar surface area (TPSA) is 135 Å². The molecule has 0 saturated carbocycles. The van der Waals surface area contributed by atoms with Crippen molar-refractivity contribution in [1.29, 1.82) is 0 Å². The maximum atomic E-state index is 12.4. The van der Waals surface area contributed by atoms with Gasteiger partial charge in [0.1, 0.15) is 11.8 Å². The summed E-state index contributed by atoms with van der Waals surface area (Å²) >= 11 is 0. The predicted octanol–water partition coefficient (Wildman–Crippen LogP) is 0.833. The summed E-state index contributed by atoms with van der Waals surface area (Å²) in [6.07, 6.45) is 1.44. The number of hydrogen-bond acceptors (Lipinski definition) is 7. The molecule has 0 radical (unpaired) electrons. The molecule has 10 nitrogen and oxygen atoms in total. The van der Waals surface area contributed by atoms with Crippen LogP contribution in [0, 0.1) is 0 Å². The van der Waals surface area contributed by atoms with Crippen LogP contribution in [0.1, 0.15) is 33.4 Å². The average molecular weight is 399 g/mol. The Morgan fingerprint density at radius 2 is 1.72 bits per heavy atom. The number of imide groups is 2. The van der Waals surface area contributed by atoms with E-state index in [0.29, 0.717) is 5.76 Å². The van der Waals surface area contributed by atoms with E-state index in [1.165, 1.54) is 25.3 Å². The van der Waals surface area contributed by atoms with E-state index < -0.39 is 42.4 Å². The molecule has 1 aromatic heterocycles. The minimum absolute atomic E-state index is 0.0721. The Labute approximate surface area is 164 Å². The van der Waals surface area contributed by atoms with Gasteiger partial charge in [-0.3, -0.25) is 24.6 Å². The number of ether oxygens (including phenoxy) is 1. The molecule has 1 atom stereocenters. The second-order valence-corrected chi connectivity index (χ2v) is 6.12.